The van der Waals surface area contributed by atoms with Gasteiger partial charge in [-0.25, -0.2) is 0 Å². The lowest BCUT2D eigenvalue weighted by Crippen LogP contribution is -2.34. The van der Waals surface area contributed by atoms with E-state index in [1.807, 2.05) is 0 Å². The fourth-order valence-electron chi connectivity index (χ4n) is 2.68. The third kappa shape index (κ3) is 2.62. The van der Waals surface area contributed by atoms with Crippen LogP contribution in [0.2, 0.25) is 0 Å². The van der Waals surface area contributed by atoms with E-state index < -0.39 is 17.4 Å². The van der Waals surface area contributed by atoms with E-state index in [2.05, 4.69) is 0 Å². The van der Waals surface area contributed by atoms with E-state index in [4.69, 9.17) is 5.73 Å². The van der Waals surface area contributed by atoms with Gasteiger partial charge in [0, 0.05) is 6.04 Å². The SMILES string of the molecule is Cc1cc(C(F)(F)F)n(C2CCCCC2)c(=O)c1N. The van der Waals surface area contributed by atoms with Crippen LogP contribution in [0, 0.1) is 6.92 Å². The van der Waals surface area contributed by atoms with Crippen molar-refractivity contribution in [3.05, 3.63) is 27.7 Å². The number of anilines is 1. The fraction of sp³-hybridized carbons (Fsp3) is 0.615. The van der Waals surface area contributed by atoms with Crippen molar-refractivity contribution in [2.75, 3.05) is 5.73 Å². The molecule has 0 aliphatic heterocycles. The van der Waals surface area contributed by atoms with Crippen LogP contribution in [0.3, 0.4) is 0 Å². The Balaban J connectivity index is 2.62. The molecule has 1 saturated carbocycles. The van der Waals surface area contributed by atoms with Gasteiger partial charge in [0.15, 0.2) is 0 Å². The van der Waals surface area contributed by atoms with Gasteiger partial charge in [-0.1, -0.05) is 19.3 Å². The van der Waals surface area contributed by atoms with Crippen LogP contribution in [0.4, 0.5) is 18.9 Å². The second kappa shape index (κ2) is 4.90. The molecule has 3 nitrogen and oxygen atoms in total. The van der Waals surface area contributed by atoms with Gasteiger partial charge in [-0.3, -0.25) is 9.36 Å². The maximum atomic E-state index is 13.1. The Morgan fingerprint density at radius 2 is 1.84 bits per heavy atom. The molecular formula is C13H17F3N2O. The van der Waals surface area contributed by atoms with Crippen molar-refractivity contribution in [2.24, 2.45) is 0 Å². The number of nitrogens with two attached hydrogens (primary N) is 1. The smallest absolute Gasteiger partial charge is 0.394 e. The fourth-order valence-corrected chi connectivity index (χ4v) is 2.68. The summed E-state index contributed by atoms with van der Waals surface area (Å²) in [4.78, 5) is 12.1. The first kappa shape index (κ1) is 14.0. The first-order valence-corrected chi connectivity index (χ1v) is 6.41. The minimum Gasteiger partial charge on any atom is -0.394 e. The number of aromatic nitrogens is 1. The minimum absolute atomic E-state index is 0.0847. The molecule has 1 aliphatic rings. The predicted octanol–water partition coefficient (Wildman–Crippen LogP) is 3.26. The Labute approximate surface area is 109 Å². The third-order valence-corrected chi connectivity index (χ3v) is 3.72. The number of pyridine rings is 1. The molecule has 0 saturated heterocycles. The van der Waals surface area contributed by atoms with Crippen LogP contribution in [0.1, 0.15) is 49.4 Å². The summed E-state index contributed by atoms with van der Waals surface area (Å²) < 4.78 is 40.1. The number of nitrogen functional groups attached to an aromatic ring is 1. The Kier molecular flexibility index (Phi) is 3.60. The third-order valence-electron chi connectivity index (χ3n) is 3.72. The van der Waals surface area contributed by atoms with Crippen LogP contribution in [0.15, 0.2) is 10.9 Å². The van der Waals surface area contributed by atoms with E-state index >= 15 is 0 Å². The van der Waals surface area contributed by atoms with Crippen molar-refractivity contribution >= 4 is 5.69 Å². The highest BCUT2D eigenvalue weighted by Gasteiger charge is 2.37. The van der Waals surface area contributed by atoms with Crippen molar-refractivity contribution in [3.8, 4) is 0 Å². The summed E-state index contributed by atoms with van der Waals surface area (Å²) in [5.74, 6) is 0. The molecule has 0 unspecified atom stereocenters. The molecule has 106 valence electrons. The quantitative estimate of drug-likeness (QED) is 0.854. The summed E-state index contributed by atoms with van der Waals surface area (Å²) in [5, 5.41) is 0. The molecule has 0 amide bonds. The van der Waals surface area contributed by atoms with Crippen molar-refractivity contribution in [2.45, 2.75) is 51.2 Å². The molecule has 19 heavy (non-hydrogen) atoms. The second-order valence-corrected chi connectivity index (χ2v) is 5.09. The zero-order valence-corrected chi connectivity index (χ0v) is 10.8. The first-order chi connectivity index (χ1) is 8.82. The van der Waals surface area contributed by atoms with Gasteiger partial charge >= 0.3 is 6.18 Å². The number of nitrogens with zero attached hydrogens (tertiary/aromatic N) is 1. The van der Waals surface area contributed by atoms with Crippen LogP contribution in [-0.4, -0.2) is 4.57 Å². The molecule has 1 fully saturated rings. The average molecular weight is 274 g/mol. The Bertz CT molecular complexity index is 528. The molecule has 2 rings (SSSR count). The van der Waals surface area contributed by atoms with E-state index in [1.165, 1.54) is 6.92 Å². The lowest BCUT2D eigenvalue weighted by Gasteiger charge is -2.28. The summed E-state index contributed by atoms with van der Waals surface area (Å²) in [6.45, 7) is 1.43. The molecule has 6 heteroatoms. The van der Waals surface area contributed by atoms with E-state index in [9.17, 15) is 18.0 Å². The molecule has 1 aliphatic carbocycles. The monoisotopic (exact) mass is 274 g/mol. The van der Waals surface area contributed by atoms with Crippen LogP contribution in [0.5, 0.6) is 0 Å². The molecule has 0 bridgehead atoms. The number of aryl methyl sites for hydroxylation is 1. The maximum Gasteiger partial charge on any atom is 0.431 e. The van der Waals surface area contributed by atoms with Crippen molar-refractivity contribution in [1.29, 1.82) is 0 Å². The molecular weight excluding hydrogens is 257 g/mol. The highest BCUT2D eigenvalue weighted by molar-refractivity contribution is 5.45. The van der Waals surface area contributed by atoms with Gasteiger partial charge in [-0.05, 0) is 31.4 Å². The molecule has 1 aromatic heterocycles. The van der Waals surface area contributed by atoms with Crippen LogP contribution >= 0.6 is 0 Å². The molecule has 2 N–H and O–H groups in total. The summed E-state index contributed by atoms with van der Waals surface area (Å²) in [7, 11) is 0. The zero-order chi connectivity index (χ0) is 14.2. The van der Waals surface area contributed by atoms with Gasteiger partial charge in [0.05, 0.1) is 0 Å². The Morgan fingerprint density at radius 3 is 2.37 bits per heavy atom. The number of hydrogen-bond acceptors (Lipinski definition) is 2. The normalized spacial score (nSPS) is 17.7. The van der Waals surface area contributed by atoms with E-state index in [0.717, 1.165) is 29.9 Å². The van der Waals surface area contributed by atoms with Gasteiger partial charge in [-0.2, -0.15) is 13.2 Å². The summed E-state index contributed by atoms with van der Waals surface area (Å²) in [6, 6.07) is 0.589. The Morgan fingerprint density at radius 1 is 1.26 bits per heavy atom. The van der Waals surface area contributed by atoms with Gasteiger partial charge in [0.25, 0.3) is 5.56 Å². The van der Waals surface area contributed by atoms with Gasteiger partial charge in [-0.15, -0.1) is 0 Å². The largest absolute Gasteiger partial charge is 0.431 e. The summed E-state index contributed by atoms with van der Waals surface area (Å²) in [6.07, 6.45) is -0.621. The van der Waals surface area contributed by atoms with Crippen molar-refractivity contribution in [1.82, 2.24) is 4.57 Å². The number of rotatable bonds is 1. The van der Waals surface area contributed by atoms with Gasteiger partial charge < -0.3 is 5.73 Å². The molecule has 1 aromatic rings. The van der Waals surface area contributed by atoms with Crippen LogP contribution in [0.25, 0.3) is 0 Å². The van der Waals surface area contributed by atoms with E-state index in [1.54, 1.807) is 0 Å². The predicted molar refractivity (Wildman–Crippen MR) is 67.0 cm³/mol. The van der Waals surface area contributed by atoms with Gasteiger partial charge in [0.1, 0.15) is 11.4 Å². The number of alkyl halides is 3. The average Bonchev–Trinajstić information content (AvgIpc) is 2.35. The molecule has 0 spiro atoms. The van der Waals surface area contributed by atoms with Crippen LogP contribution in [-0.2, 0) is 6.18 Å². The van der Waals surface area contributed by atoms with Gasteiger partial charge in [0.2, 0.25) is 0 Å². The lowest BCUT2D eigenvalue weighted by molar-refractivity contribution is -0.145. The summed E-state index contributed by atoms with van der Waals surface area (Å²) >= 11 is 0. The van der Waals surface area contributed by atoms with Crippen LogP contribution < -0.4 is 11.3 Å². The van der Waals surface area contributed by atoms with E-state index in [-0.39, 0.29) is 17.3 Å². The van der Waals surface area contributed by atoms with E-state index in [0.29, 0.717) is 12.8 Å². The molecule has 0 radical (unpaired) electrons. The number of hydrogen-bond donors (Lipinski definition) is 1. The van der Waals surface area contributed by atoms with Crippen molar-refractivity contribution < 1.29 is 13.2 Å². The molecule has 0 aromatic carbocycles. The molecule has 1 heterocycles. The maximum absolute atomic E-state index is 13.1. The number of halogens is 3. The topological polar surface area (TPSA) is 48.0 Å². The first-order valence-electron chi connectivity index (χ1n) is 6.41. The summed E-state index contributed by atoms with van der Waals surface area (Å²) in [5.41, 5.74) is 4.11. The minimum atomic E-state index is -4.53. The highest BCUT2D eigenvalue weighted by Crippen LogP contribution is 2.35. The zero-order valence-electron chi connectivity index (χ0n) is 10.8. The van der Waals surface area contributed by atoms with Crippen molar-refractivity contribution in [3.63, 3.8) is 0 Å². The highest BCUT2D eigenvalue weighted by atomic mass is 19.4. The molecule has 0 atom stereocenters. The second-order valence-electron chi connectivity index (χ2n) is 5.09. The lowest BCUT2D eigenvalue weighted by atomic mass is 9.94. The Hall–Kier alpha value is -1.46. The standard InChI is InChI=1S/C13H17F3N2O/c1-8-7-10(13(14,15)16)18(12(19)11(8)17)9-5-3-2-4-6-9/h7,9H,2-6,17H2,1H3.